The van der Waals surface area contributed by atoms with Crippen molar-refractivity contribution in [1.82, 2.24) is 20.5 Å². The molecule has 1 saturated heterocycles. The van der Waals surface area contributed by atoms with Gasteiger partial charge in [0, 0.05) is 31.4 Å². The average Bonchev–Trinajstić information content (AvgIpc) is 3.36. The number of nitrogens with zero attached hydrogens (tertiary/aromatic N) is 3. The highest BCUT2D eigenvalue weighted by Crippen LogP contribution is 2.25. The van der Waals surface area contributed by atoms with Gasteiger partial charge in [-0.25, -0.2) is 0 Å². The molecule has 0 saturated carbocycles. The van der Waals surface area contributed by atoms with Crippen LogP contribution in [0.1, 0.15) is 36.2 Å². The summed E-state index contributed by atoms with van der Waals surface area (Å²) < 4.78 is 5.89. The minimum Gasteiger partial charge on any atom is -0.423 e. The molecule has 6 heteroatoms. The number of rotatable bonds is 4. The van der Waals surface area contributed by atoms with Crippen LogP contribution in [0.3, 0.4) is 0 Å². The zero-order valence-corrected chi connectivity index (χ0v) is 14.3. The second kappa shape index (κ2) is 6.19. The Bertz CT molecular complexity index is 842. The molecule has 0 amide bonds. The van der Waals surface area contributed by atoms with E-state index < -0.39 is 0 Å². The Labute approximate surface area is 146 Å². The van der Waals surface area contributed by atoms with Gasteiger partial charge in [-0.3, -0.25) is 5.10 Å². The molecule has 3 heterocycles. The lowest BCUT2D eigenvalue weighted by Crippen LogP contribution is -2.42. The van der Waals surface area contributed by atoms with Crippen LogP contribution in [-0.2, 0) is 19.4 Å². The van der Waals surface area contributed by atoms with Crippen LogP contribution in [0.4, 0.5) is 6.01 Å². The minimum atomic E-state index is 0.536. The molecule has 2 N–H and O–H groups in total. The number of aromatic amines is 1. The number of nitrogens with one attached hydrogen (secondary N) is 2. The van der Waals surface area contributed by atoms with Crippen molar-refractivity contribution >= 4 is 17.1 Å². The number of benzene rings is 1. The molecule has 6 nitrogen and oxygen atoms in total. The van der Waals surface area contributed by atoms with Crippen LogP contribution in [0, 0.1) is 0 Å². The molecule has 1 aliphatic carbocycles. The fourth-order valence-electron chi connectivity index (χ4n) is 4.05. The first-order valence-electron chi connectivity index (χ1n) is 9.26. The largest absolute Gasteiger partial charge is 0.423 e. The first-order valence-corrected chi connectivity index (χ1v) is 9.26. The summed E-state index contributed by atoms with van der Waals surface area (Å²) in [5.74, 6) is 0. The van der Waals surface area contributed by atoms with Crippen LogP contribution in [0.15, 0.2) is 28.7 Å². The number of aryl methyl sites for hydroxylation is 1. The van der Waals surface area contributed by atoms with E-state index in [1.165, 1.54) is 29.8 Å². The molecule has 1 aromatic carbocycles. The third-order valence-electron chi connectivity index (χ3n) is 5.50. The SMILES string of the molecule is c1ccc2oc(N3CCC(NCc4n[nH]c5c4CCC5)CC3)nc2c1. The van der Waals surface area contributed by atoms with Crippen LogP contribution in [-0.4, -0.2) is 34.3 Å². The summed E-state index contributed by atoms with van der Waals surface area (Å²) in [6.07, 6.45) is 5.81. The second-order valence-electron chi connectivity index (χ2n) is 7.09. The van der Waals surface area contributed by atoms with E-state index in [1.807, 2.05) is 24.3 Å². The maximum atomic E-state index is 5.89. The predicted octanol–water partition coefficient (Wildman–Crippen LogP) is 2.80. The van der Waals surface area contributed by atoms with Crippen LogP contribution < -0.4 is 10.2 Å². The zero-order valence-electron chi connectivity index (χ0n) is 14.3. The van der Waals surface area contributed by atoms with Crippen molar-refractivity contribution in [3.05, 3.63) is 41.2 Å². The molecular formula is C19H23N5O. The summed E-state index contributed by atoms with van der Waals surface area (Å²) in [5.41, 5.74) is 5.82. The molecule has 0 bridgehead atoms. The van der Waals surface area contributed by atoms with Gasteiger partial charge in [0.1, 0.15) is 5.52 Å². The van der Waals surface area contributed by atoms with Crippen molar-refractivity contribution in [2.45, 2.75) is 44.7 Å². The molecule has 25 heavy (non-hydrogen) atoms. The fraction of sp³-hybridized carbons (Fsp3) is 0.474. The van der Waals surface area contributed by atoms with Gasteiger partial charge in [0.05, 0.1) is 5.69 Å². The van der Waals surface area contributed by atoms with Gasteiger partial charge in [-0.15, -0.1) is 0 Å². The third kappa shape index (κ3) is 2.80. The van der Waals surface area contributed by atoms with Crippen molar-refractivity contribution in [1.29, 1.82) is 0 Å². The summed E-state index contributed by atoms with van der Waals surface area (Å²) in [6.45, 7) is 2.83. The standard InChI is InChI=1S/C19H23N5O/c1-2-7-18-16(5-1)21-19(25-18)24-10-8-13(9-11-24)20-12-17-14-4-3-6-15(14)22-23-17/h1-2,5,7,13,20H,3-4,6,8-12H2,(H,22,23). The minimum absolute atomic E-state index is 0.536. The number of anilines is 1. The molecule has 2 aromatic heterocycles. The normalized spacial score (nSPS) is 18.2. The highest BCUT2D eigenvalue weighted by Gasteiger charge is 2.24. The number of fused-ring (bicyclic) bond motifs is 2. The van der Waals surface area contributed by atoms with Gasteiger partial charge < -0.3 is 14.6 Å². The van der Waals surface area contributed by atoms with E-state index in [1.54, 1.807) is 0 Å². The zero-order chi connectivity index (χ0) is 16.6. The topological polar surface area (TPSA) is 70.0 Å². The van der Waals surface area contributed by atoms with Crippen LogP contribution in [0.2, 0.25) is 0 Å². The number of para-hydroxylation sites is 2. The molecular weight excluding hydrogens is 314 g/mol. The number of oxazole rings is 1. The van der Waals surface area contributed by atoms with E-state index in [-0.39, 0.29) is 0 Å². The Kier molecular flexibility index (Phi) is 3.70. The van der Waals surface area contributed by atoms with Crippen molar-refractivity contribution in [3.8, 4) is 0 Å². The molecule has 2 aliphatic rings. The van der Waals surface area contributed by atoms with Crippen LogP contribution in [0.5, 0.6) is 0 Å². The summed E-state index contributed by atoms with van der Waals surface area (Å²) in [6, 6.07) is 9.25. The van der Waals surface area contributed by atoms with E-state index >= 15 is 0 Å². The number of H-pyrrole nitrogens is 1. The number of hydrogen-bond acceptors (Lipinski definition) is 5. The van der Waals surface area contributed by atoms with Crippen LogP contribution >= 0.6 is 0 Å². The summed E-state index contributed by atoms with van der Waals surface area (Å²) in [4.78, 5) is 6.87. The van der Waals surface area contributed by atoms with E-state index in [9.17, 15) is 0 Å². The van der Waals surface area contributed by atoms with Crippen molar-refractivity contribution in [2.75, 3.05) is 18.0 Å². The van der Waals surface area contributed by atoms with E-state index in [2.05, 4.69) is 25.4 Å². The van der Waals surface area contributed by atoms with Crippen LogP contribution in [0.25, 0.3) is 11.1 Å². The van der Waals surface area contributed by atoms with Gasteiger partial charge >= 0.3 is 0 Å². The van der Waals surface area contributed by atoms with Crippen molar-refractivity contribution in [2.24, 2.45) is 0 Å². The summed E-state index contributed by atoms with van der Waals surface area (Å²) in [7, 11) is 0. The molecule has 1 aliphatic heterocycles. The molecule has 3 aromatic rings. The highest BCUT2D eigenvalue weighted by molar-refractivity contribution is 5.74. The molecule has 0 radical (unpaired) electrons. The van der Waals surface area contributed by atoms with Gasteiger partial charge in [-0.1, -0.05) is 12.1 Å². The summed E-state index contributed by atoms with van der Waals surface area (Å²) in [5, 5.41) is 11.4. The van der Waals surface area contributed by atoms with Gasteiger partial charge in [-0.2, -0.15) is 10.1 Å². The molecule has 0 unspecified atom stereocenters. The number of piperidine rings is 1. The van der Waals surface area contributed by atoms with E-state index in [0.717, 1.165) is 56.0 Å². The van der Waals surface area contributed by atoms with Gasteiger partial charge in [0.2, 0.25) is 0 Å². The first-order chi connectivity index (χ1) is 12.4. The number of aromatic nitrogens is 3. The Morgan fingerprint density at radius 3 is 2.96 bits per heavy atom. The summed E-state index contributed by atoms with van der Waals surface area (Å²) >= 11 is 0. The molecule has 5 rings (SSSR count). The maximum absolute atomic E-state index is 5.89. The molecule has 130 valence electrons. The second-order valence-corrected chi connectivity index (χ2v) is 7.09. The number of hydrogen-bond donors (Lipinski definition) is 2. The average molecular weight is 337 g/mol. The molecule has 1 fully saturated rings. The Morgan fingerprint density at radius 2 is 2.08 bits per heavy atom. The highest BCUT2D eigenvalue weighted by atomic mass is 16.4. The monoisotopic (exact) mass is 337 g/mol. The quantitative estimate of drug-likeness (QED) is 0.766. The van der Waals surface area contributed by atoms with Crippen molar-refractivity contribution in [3.63, 3.8) is 0 Å². The van der Waals surface area contributed by atoms with Gasteiger partial charge in [0.25, 0.3) is 6.01 Å². The lowest BCUT2D eigenvalue weighted by atomic mass is 10.1. The van der Waals surface area contributed by atoms with Gasteiger partial charge in [0.15, 0.2) is 5.58 Å². The third-order valence-corrected chi connectivity index (χ3v) is 5.50. The Balaban J connectivity index is 1.18. The lowest BCUT2D eigenvalue weighted by Gasteiger charge is -2.31. The predicted molar refractivity (Wildman–Crippen MR) is 96.7 cm³/mol. The lowest BCUT2D eigenvalue weighted by molar-refractivity contribution is 0.397. The molecule has 0 spiro atoms. The first kappa shape index (κ1) is 15.0. The maximum Gasteiger partial charge on any atom is 0.298 e. The van der Waals surface area contributed by atoms with Crippen molar-refractivity contribution < 1.29 is 4.42 Å². The molecule has 0 atom stereocenters. The Hall–Kier alpha value is -2.34. The fourth-order valence-corrected chi connectivity index (χ4v) is 4.05. The van der Waals surface area contributed by atoms with E-state index in [0.29, 0.717) is 6.04 Å². The van der Waals surface area contributed by atoms with Gasteiger partial charge in [-0.05, 0) is 49.8 Å². The van der Waals surface area contributed by atoms with E-state index in [4.69, 9.17) is 4.42 Å². The Morgan fingerprint density at radius 1 is 1.20 bits per heavy atom. The smallest absolute Gasteiger partial charge is 0.298 e.